The Balaban J connectivity index is 1.49. The zero-order valence-corrected chi connectivity index (χ0v) is 30.3. The third-order valence-corrected chi connectivity index (χ3v) is 11.9. The lowest BCUT2D eigenvalue weighted by Crippen LogP contribution is -2.62. The van der Waals surface area contributed by atoms with Gasteiger partial charge in [-0.05, 0) is 96.1 Å². The first-order valence-electron chi connectivity index (χ1n) is 17.4. The first-order chi connectivity index (χ1) is 24.1. The van der Waals surface area contributed by atoms with Crippen LogP contribution in [0.3, 0.4) is 0 Å². The van der Waals surface area contributed by atoms with Crippen LogP contribution in [-0.2, 0) is 20.4 Å². The van der Waals surface area contributed by atoms with Crippen LogP contribution < -0.4 is 18.5 Å². The number of aromatic nitrogens is 1. The average molecular weight is 703 g/mol. The molecule has 3 aliphatic heterocycles. The Morgan fingerprint density at radius 1 is 0.960 bits per heavy atom. The van der Waals surface area contributed by atoms with Crippen LogP contribution in [0.4, 0.5) is 5.69 Å². The van der Waals surface area contributed by atoms with Gasteiger partial charge in [0.25, 0.3) is 15.9 Å². The summed E-state index contributed by atoms with van der Waals surface area (Å²) in [7, 11) is -3.08. The van der Waals surface area contributed by atoms with Crippen molar-refractivity contribution in [1.82, 2.24) is 19.7 Å². The molecule has 3 aromatic rings. The Hall–Kier alpha value is -4.22. The van der Waals surface area contributed by atoms with Gasteiger partial charge in [-0.2, -0.15) is 5.26 Å². The summed E-state index contributed by atoms with van der Waals surface area (Å²) in [5.41, 5.74) is -0.359. The maximum absolute atomic E-state index is 15.5. The first kappa shape index (κ1) is 35.6. The standard InChI is InChI=1S/C37H46N6O6S/c1-6-48-33-24-29(47-5)11-13-34(33)50(45,46)43-32-12-10-27(25-38)23-31(32)37(36(43)44,30-9-8-16-39-35(30)49-7-2)42-21-19-41(20-22-42)28-14-17-40(18-15-28)26(3)4/h8-13,16,23-24,26,28H,6-7,14-15,17-22H2,1-5H3. The van der Waals surface area contributed by atoms with Crippen molar-refractivity contribution in [2.24, 2.45) is 0 Å². The lowest BCUT2D eigenvalue weighted by molar-refractivity contribution is -0.128. The fraction of sp³-hybridized carbons (Fsp3) is 0.486. The monoisotopic (exact) mass is 702 g/mol. The summed E-state index contributed by atoms with van der Waals surface area (Å²) in [5, 5.41) is 10.0. The number of benzene rings is 2. The normalized spacial score (nSPS) is 20.9. The van der Waals surface area contributed by atoms with E-state index in [1.54, 1.807) is 37.4 Å². The topological polar surface area (TPSA) is 129 Å². The Morgan fingerprint density at radius 2 is 1.68 bits per heavy atom. The number of fused-ring (bicyclic) bond motifs is 1. The highest BCUT2D eigenvalue weighted by atomic mass is 32.2. The number of nitriles is 1. The molecule has 2 aromatic carbocycles. The molecule has 0 bridgehead atoms. The zero-order chi connectivity index (χ0) is 35.6. The van der Waals surface area contributed by atoms with Crippen molar-refractivity contribution in [3.8, 4) is 23.4 Å². The van der Waals surface area contributed by atoms with E-state index in [9.17, 15) is 13.7 Å². The van der Waals surface area contributed by atoms with Crippen LogP contribution in [0.15, 0.2) is 59.6 Å². The van der Waals surface area contributed by atoms with E-state index < -0.39 is 21.5 Å². The van der Waals surface area contributed by atoms with E-state index in [-0.39, 0.29) is 35.4 Å². The van der Waals surface area contributed by atoms with Gasteiger partial charge < -0.3 is 19.1 Å². The van der Waals surface area contributed by atoms with Crippen molar-refractivity contribution in [2.75, 3.05) is 63.9 Å². The molecule has 1 amide bonds. The summed E-state index contributed by atoms with van der Waals surface area (Å²) in [6, 6.07) is 15.8. The van der Waals surface area contributed by atoms with Gasteiger partial charge in [-0.3, -0.25) is 14.6 Å². The number of ether oxygens (including phenoxy) is 3. The number of hydrogen-bond acceptors (Lipinski definition) is 11. The average Bonchev–Trinajstić information content (AvgIpc) is 3.40. The summed E-state index contributed by atoms with van der Waals surface area (Å²) in [5.74, 6) is 0.0335. The third-order valence-electron chi connectivity index (χ3n) is 10.2. The molecule has 0 N–H and O–H groups in total. The highest BCUT2D eigenvalue weighted by molar-refractivity contribution is 7.93. The van der Waals surface area contributed by atoms with Crippen molar-refractivity contribution in [3.05, 3.63) is 71.4 Å². The number of nitrogens with zero attached hydrogens (tertiary/aromatic N) is 6. The van der Waals surface area contributed by atoms with Crippen LogP contribution in [0.25, 0.3) is 0 Å². The van der Waals surface area contributed by atoms with Crippen molar-refractivity contribution in [1.29, 1.82) is 5.26 Å². The third kappa shape index (κ3) is 6.08. The summed E-state index contributed by atoms with van der Waals surface area (Å²) in [6.07, 6.45) is 3.74. The maximum Gasteiger partial charge on any atom is 0.274 e. The van der Waals surface area contributed by atoms with Crippen LogP contribution in [0.5, 0.6) is 17.4 Å². The van der Waals surface area contributed by atoms with Crippen LogP contribution in [-0.4, -0.2) is 106 Å². The number of anilines is 1. The van der Waals surface area contributed by atoms with Gasteiger partial charge in [0.1, 0.15) is 16.4 Å². The van der Waals surface area contributed by atoms with Crippen molar-refractivity contribution in [3.63, 3.8) is 0 Å². The number of piperidine rings is 1. The number of carbonyl (C=O) groups excluding carboxylic acids is 1. The Kier molecular flexibility index (Phi) is 10.4. The van der Waals surface area contributed by atoms with E-state index in [0.29, 0.717) is 60.7 Å². The summed E-state index contributed by atoms with van der Waals surface area (Å²) >= 11 is 0. The van der Waals surface area contributed by atoms with Gasteiger partial charge in [0.15, 0.2) is 5.54 Å². The van der Waals surface area contributed by atoms with Crippen LogP contribution in [0, 0.1) is 11.3 Å². The molecule has 266 valence electrons. The molecule has 12 nitrogen and oxygen atoms in total. The van der Waals surface area contributed by atoms with E-state index in [1.807, 2.05) is 6.92 Å². The second-order valence-electron chi connectivity index (χ2n) is 13.0. The number of pyridine rings is 1. The van der Waals surface area contributed by atoms with Crippen LogP contribution in [0.2, 0.25) is 0 Å². The molecule has 1 atom stereocenters. The number of amides is 1. The Bertz CT molecular complexity index is 1860. The second-order valence-corrected chi connectivity index (χ2v) is 14.8. The summed E-state index contributed by atoms with van der Waals surface area (Å²) < 4.78 is 47.8. The smallest absolute Gasteiger partial charge is 0.274 e. The number of carbonyl (C=O) groups is 1. The molecule has 4 heterocycles. The number of likely N-dealkylation sites (tertiary alicyclic amines) is 1. The van der Waals surface area contributed by atoms with Crippen molar-refractivity contribution >= 4 is 21.6 Å². The number of hydrogen-bond donors (Lipinski definition) is 0. The van der Waals surface area contributed by atoms with Gasteiger partial charge in [-0.1, -0.05) is 0 Å². The molecule has 3 aliphatic rings. The SMILES string of the molecule is CCOc1cc(OC)ccc1S(=O)(=O)N1C(=O)C(c2cccnc2OCC)(N2CCN(C3CCN(C(C)C)CC3)CC2)c2cc(C#N)ccc21. The molecule has 0 aliphatic carbocycles. The summed E-state index contributed by atoms with van der Waals surface area (Å²) in [6.45, 7) is 13.0. The van der Waals surface area contributed by atoms with Gasteiger partial charge >= 0.3 is 0 Å². The molecule has 6 rings (SSSR count). The zero-order valence-electron chi connectivity index (χ0n) is 29.5. The predicted octanol–water partition coefficient (Wildman–Crippen LogP) is 4.23. The Morgan fingerprint density at radius 3 is 2.32 bits per heavy atom. The molecular weight excluding hydrogens is 657 g/mol. The minimum Gasteiger partial charge on any atom is -0.497 e. The number of piperazine rings is 1. The fourth-order valence-electron chi connectivity index (χ4n) is 7.72. The van der Waals surface area contributed by atoms with Crippen molar-refractivity contribution in [2.45, 2.75) is 63.1 Å². The minimum absolute atomic E-state index is 0.0702. The molecule has 2 saturated heterocycles. The van der Waals surface area contributed by atoms with E-state index in [2.05, 4.69) is 39.6 Å². The Labute approximate surface area is 295 Å². The highest BCUT2D eigenvalue weighted by Crippen LogP contribution is 2.53. The minimum atomic E-state index is -4.56. The first-order valence-corrected chi connectivity index (χ1v) is 18.8. The van der Waals surface area contributed by atoms with Gasteiger partial charge in [-0.25, -0.2) is 17.7 Å². The highest BCUT2D eigenvalue weighted by Gasteiger charge is 2.61. The molecule has 13 heteroatoms. The van der Waals surface area contributed by atoms with Crippen LogP contribution >= 0.6 is 0 Å². The largest absolute Gasteiger partial charge is 0.497 e. The van der Waals surface area contributed by atoms with Gasteiger partial charge in [-0.15, -0.1) is 0 Å². The number of sulfonamides is 1. The number of methoxy groups -OCH3 is 1. The van der Waals surface area contributed by atoms with Gasteiger partial charge in [0, 0.05) is 61.7 Å². The number of rotatable bonds is 11. The molecular formula is C37H46N6O6S. The maximum atomic E-state index is 15.5. The van der Waals surface area contributed by atoms with Crippen molar-refractivity contribution < 1.29 is 27.4 Å². The van der Waals surface area contributed by atoms with E-state index in [1.165, 1.54) is 31.4 Å². The molecule has 2 fully saturated rings. The fourth-order valence-corrected chi connectivity index (χ4v) is 9.30. The van der Waals surface area contributed by atoms with E-state index in [4.69, 9.17) is 14.2 Å². The lowest BCUT2D eigenvalue weighted by Gasteiger charge is -2.48. The van der Waals surface area contributed by atoms with Gasteiger partial charge in [0.05, 0.1) is 37.6 Å². The molecule has 50 heavy (non-hydrogen) atoms. The predicted molar refractivity (Wildman–Crippen MR) is 189 cm³/mol. The molecule has 0 radical (unpaired) electrons. The quantitative estimate of drug-likeness (QED) is 0.285. The molecule has 1 unspecified atom stereocenters. The molecule has 1 aromatic heterocycles. The van der Waals surface area contributed by atoms with E-state index in [0.717, 1.165) is 30.2 Å². The summed E-state index contributed by atoms with van der Waals surface area (Å²) in [4.78, 5) is 26.9. The molecule has 0 saturated carbocycles. The van der Waals surface area contributed by atoms with Gasteiger partial charge in [0.2, 0.25) is 5.88 Å². The second kappa shape index (κ2) is 14.6. The van der Waals surface area contributed by atoms with E-state index >= 15 is 4.79 Å². The lowest BCUT2D eigenvalue weighted by atomic mass is 9.81. The van der Waals surface area contributed by atoms with Crippen LogP contribution in [0.1, 0.15) is 57.2 Å². The molecule has 0 spiro atoms.